The minimum atomic E-state index is -1.38. The Morgan fingerprint density at radius 2 is 1.64 bits per heavy atom. The van der Waals surface area contributed by atoms with E-state index >= 15 is 0 Å². The van der Waals surface area contributed by atoms with Gasteiger partial charge in [-0.3, -0.25) is 4.57 Å². The van der Waals surface area contributed by atoms with Gasteiger partial charge in [0.05, 0.1) is 18.9 Å². The molecule has 0 spiro atoms. The van der Waals surface area contributed by atoms with Gasteiger partial charge in [-0.2, -0.15) is 0 Å². The molecule has 7 heteroatoms. The van der Waals surface area contributed by atoms with Crippen LogP contribution in [0.5, 0.6) is 0 Å². The fourth-order valence-corrected chi connectivity index (χ4v) is 1.85. The molecule has 5 atom stereocenters. The van der Waals surface area contributed by atoms with Crippen LogP contribution >= 0.6 is 8.46 Å². The van der Waals surface area contributed by atoms with Crippen molar-refractivity contribution in [1.29, 1.82) is 0 Å². The second kappa shape index (κ2) is 5.11. The average molecular weight is 224 g/mol. The molecule has 14 heavy (non-hydrogen) atoms. The molecule has 0 aromatic heterocycles. The first-order chi connectivity index (χ1) is 6.61. The second-order valence-electron chi connectivity index (χ2n) is 3.18. The van der Waals surface area contributed by atoms with Crippen LogP contribution in [0.2, 0.25) is 0 Å². The maximum absolute atomic E-state index is 10.3. The first-order valence-corrected chi connectivity index (χ1v) is 5.21. The van der Waals surface area contributed by atoms with Crippen LogP contribution in [0.4, 0.5) is 0 Å². The van der Waals surface area contributed by atoms with Crippen molar-refractivity contribution >= 4 is 8.46 Å². The van der Waals surface area contributed by atoms with E-state index in [-0.39, 0.29) is 14.6 Å². The Hall–Kier alpha value is -0.100. The predicted molar refractivity (Wildman–Crippen MR) is 46.2 cm³/mol. The summed E-state index contributed by atoms with van der Waals surface area (Å²) in [5, 5.41) is 36.9. The van der Waals surface area contributed by atoms with E-state index in [0.717, 1.165) is 0 Å². The minimum absolute atomic E-state index is 0.0153. The fraction of sp³-hybridized carbons (Fsp3) is 1.00. The molecule has 4 N–H and O–H groups in total. The molecule has 1 saturated heterocycles. The predicted octanol–water partition coefficient (Wildman–Crippen LogP) is -1.88. The summed E-state index contributed by atoms with van der Waals surface area (Å²) in [7, 11) is -0.222. The topological polar surface area (TPSA) is 107 Å². The Bertz CT molecular complexity index is 199. The second-order valence-corrected chi connectivity index (χ2v) is 3.80. The van der Waals surface area contributed by atoms with Gasteiger partial charge in [-0.1, -0.05) is 0 Å². The van der Waals surface area contributed by atoms with Crippen molar-refractivity contribution in [2.45, 2.75) is 30.5 Å². The maximum atomic E-state index is 10.3. The Kier molecular flexibility index (Phi) is 4.37. The third-order valence-electron chi connectivity index (χ3n) is 2.25. The summed E-state index contributed by atoms with van der Waals surface area (Å²) in [6, 6.07) is 0. The van der Waals surface area contributed by atoms with E-state index in [0.29, 0.717) is 0 Å². The third kappa shape index (κ3) is 2.28. The summed E-state index contributed by atoms with van der Waals surface area (Å²) in [4.78, 5) is 0. The number of hydrogen-bond acceptors (Lipinski definition) is 6. The standard InChI is InChI=1S/C7H13O6P/c8-1-3-5(9)7(11)6(10)4(13-3)2-14-12/h3-11H,1-2H2. The summed E-state index contributed by atoms with van der Waals surface area (Å²) in [5.41, 5.74) is 0. The van der Waals surface area contributed by atoms with E-state index in [1.165, 1.54) is 0 Å². The molecule has 0 bridgehead atoms. The molecule has 0 aromatic carbocycles. The number of hydrogen-bond donors (Lipinski definition) is 4. The first-order valence-electron chi connectivity index (χ1n) is 4.21. The van der Waals surface area contributed by atoms with Crippen molar-refractivity contribution in [3.8, 4) is 0 Å². The Labute approximate surface area is 82.3 Å². The maximum Gasteiger partial charge on any atom is 0.158 e. The molecule has 5 unspecified atom stereocenters. The molecule has 0 aliphatic carbocycles. The fourth-order valence-electron chi connectivity index (χ4n) is 1.40. The Balaban J connectivity index is 2.67. The quantitative estimate of drug-likeness (QED) is 0.418. The zero-order valence-electron chi connectivity index (χ0n) is 7.35. The molecule has 0 aromatic rings. The SMILES string of the molecule is O=PCC1OC(CO)C(O)C(O)C1O. The van der Waals surface area contributed by atoms with Crippen LogP contribution in [0.15, 0.2) is 0 Å². The monoisotopic (exact) mass is 224 g/mol. The van der Waals surface area contributed by atoms with Gasteiger partial charge in [0.2, 0.25) is 0 Å². The van der Waals surface area contributed by atoms with Crippen LogP contribution in [-0.4, -0.2) is 63.7 Å². The summed E-state index contributed by atoms with van der Waals surface area (Å²) >= 11 is 0. The normalized spacial score (nSPS) is 44.1. The molecule has 1 heterocycles. The summed E-state index contributed by atoms with van der Waals surface area (Å²) < 4.78 is 15.4. The van der Waals surface area contributed by atoms with E-state index in [1.54, 1.807) is 0 Å². The Morgan fingerprint density at radius 1 is 1.07 bits per heavy atom. The molecule has 1 aliphatic heterocycles. The van der Waals surface area contributed by atoms with Crippen LogP contribution in [0.25, 0.3) is 0 Å². The molecule has 0 saturated carbocycles. The third-order valence-corrected chi connectivity index (χ3v) is 2.75. The number of aliphatic hydroxyl groups excluding tert-OH is 4. The molecule has 0 radical (unpaired) electrons. The molecule has 1 rings (SSSR count). The smallest absolute Gasteiger partial charge is 0.158 e. The summed E-state index contributed by atoms with van der Waals surface area (Å²) in [6.45, 7) is -0.461. The van der Waals surface area contributed by atoms with Crippen molar-refractivity contribution < 1.29 is 29.7 Å². The van der Waals surface area contributed by atoms with Crippen molar-refractivity contribution in [3.05, 3.63) is 0 Å². The highest BCUT2D eigenvalue weighted by molar-refractivity contribution is 7.23. The molecular weight excluding hydrogens is 211 g/mol. The van der Waals surface area contributed by atoms with Gasteiger partial charge in [-0.05, 0) is 0 Å². The van der Waals surface area contributed by atoms with Crippen molar-refractivity contribution in [2.75, 3.05) is 12.8 Å². The molecule has 0 amide bonds. The van der Waals surface area contributed by atoms with Crippen molar-refractivity contribution in [1.82, 2.24) is 0 Å². The van der Waals surface area contributed by atoms with Gasteiger partial charge in [-0.25, -0.2) is 0 Å². The average Bonchev–Trinajstić information content (AvgIpc) is 2.19. The van der Waals surface area contributed by atoms with Crippen molar-refractivity contribution in [2.24, 2.45) is 0 Å². The van der Waals surface area contributed by atoms with Crippen molar-refractivity contribution in [3.63, 3.8) is 0 Å². The van der Waals surface area contributed by atoms with E-state index < -0.39 is 37.1 Å². The van der Waals surface area contributed by atoms with E-state index in [4.69, 9.17) is 9.84 Å². The lowest BCUT2D eigenvalue weighted by Gasteiger charge is -2.39. The molecule has 82 valence electrons. The number of aliphatic hydroxyl groups is 4. The molecule has 1 aliphatic rings. The number of rotatable bonds is 3. The van der Waals surface area contributed by atoms with Gasteiger partial charge in [-0.15, -0.1) is 0 Å². The summed E-state index contributed by atoms with van der Waals surface area (Å²) in [5.74, 6) is 0. The zero-order chi connectivity index (χ0) is 10.7. The van der Waals surface area contributed by atoms with Crippen LogP contribution in [0, 0.1) is 0 Å². The van der Waals surface area contributed by atoms with Gasteiger partial charge < -0.3 is 25.2 Å². The minimum Gasteiger partial charge on any atom is -0.394 e. The largest absolute Gasteiger partial charge is 0.394 e. The molecular formula is C7H13O6P. The van der Waals surface area contributed by atoms with Gasteiger partial charge in [0.15, 0.2) is 8.46 Å². The summed E-state index contributed by atoms with van der Waals surface area (Å²) in [6.07, 6.45) is -5.75. The van der Waals surface area contributed by atoms with Gasteiger partial charge in [0, 0.05) is 0 Å². The van der Waals surface area contributed by atoms with E-state index in [1.807, 2.05) is 0 Å². The highest BCUT2D eigenvalue weighted by Gasteiger charge is 2.43. The highest BCUT2D eigenvalue weighted by Crippen LogP contribution is 2.22. The molecule has 1 fully saturated rings. The highest BCUT2D eigenvalue weighted by atomic mass is 31.1. The van der Waals surface area contributed by atoms with Gasteiger partial charge in [0.1, 0.15) is 24.4 Å². The number of ether oxygens (including phenoxy) is 1. The van der Waals surface area contributed by atoms with Crippen LogP contribution in [-0.2, 0) is 9.30 Å². The van der Waals surface area contributed by atoms with Crippen LogP contribution in [0.3, 0.4) is 0 Å². The van der Waals surface area contributed by atoms with E-state index in [2.05, 4.69) is 0 Å². The first kappa shape index (κ1) is 12.0. The molecule has 6 nitrogen and oxygen atoms in total. The lowest BCUT2D eigenvalue weighted by Crippen LogP contribution is -2.59. The van der Waals surface area contributed by atoms with Crippen LogP contribution < -0.4 is 0 Å². The lowest BCUT2D eigenvalue weighted by atomic mass is 9.96. The Morgan fingerprint density at radius 3 is 2.14 bits per heavy atom. The zero-order valence-corrected chi connectivity index (χ0v) is 8.25. The van der Waals surface area contributed by atoms with Gasteiger partial charge >= 0.3 is 0 Å². The van der Waals surface area contributed by atoms with Gasteiger partial charge in [0.25, 0.3) is 0 Å². The van der Waals surface area contributed by atoms with E-state index in [9.17, 15) is 19.9 Å². The lowest BCUT2D eigenvalue weighted by molar-refractivity contribution is -0.223. The van der Waals surface area contributed by atoms with Crippen LogP contribution in [0.1, 0.15) is 0 Å².